The summed E-state index contributed by atoms with van der Waals surface area (Å²) in [7, 11) is 4.08. The molecule has 1 heterocycles. The van der Waals surface area contributed by atoms with Crippen LogP contribution >= 0.6 is 0 Å². The zero-order chi connectivity index (χ0) is 11.1. The second kappa shape index (κ2) is 8.36. The van der Waals surface area contributed by atoms with Gasteiger partial charge in [-0.3, -0.25) is 0 Å². The number of rotatable bonds is 6. The number of ether oxygens (including phenoxy) is 1. The van der Waals surface area contributed by atoms with Gasteiger partial charge in [-0.15, -0.1) is 0 Å². The summed E-state index contributed by atoms with van der Waals surface area (Å²) >= 11 is 0. The molecule has 0 aliphatic rings. The number of aromatic nitrogens is 1. The van der Waals surface area contributed by atoms with Crippen molar-refractivity contribution in [2.45, 2.75) is 26.5 Å². The fourth-order valence-corrected chi connectivity index (χ4v) is 1.25. The van der Waals surface area contributed by atoms with Gasteiger partial charge in [-0.25, -0.2) is 0 Å². The molecule has 0 aliphatic heterocycles. The lowest BCUT2D eigenvalue weighted by Gasteiger charge is -2.10. The summed E-state index contributed by atoms with van der Waals surface area (Å²) < 4.78 is 7.55. The Balaban J connectivity index is 0.00000225. The summed E-state index contributed by atoms with van der Waals surface area (Å²) in [5, 5.41) is 0. The molecule has 0 atom stereocenters. The van der Waals surface area contributed by atoms with E-state index in [0.717, 1.165) is 13.0 Å². The molecule has 0 amide bonds. The van der Waals surface area contributed by atoms with Crippen LogP contribution < -0.4 is 21.9 Å². The minimum Gasteiger partial charge on any atom is -1.00 e. The fraction of sp³-hybridized carbons (Fsp3) is 0.583. The van der Waals surface area contributed by atoms with Crippen LogP contribution in [-0.2, 0) is 11.5 Å². The Labute approximate surface area is 104 Å². The van der Waals surface area contributed by atoms with Crippen LogP contribution in [0.2, 0.25) is 0 Å². The first kappa shape index (κ1) is 15.2. The summed E-state index contributed by atoms with van der Waals surface area (Å²) in [5.41, 5.74) is 1.21. The average Bonchev–Trinajstić information content (AvgIpc) is 2.25. The average molecular weight is 245 g/mol. The lowest BCUT2D eigenvalue weighted by Crippen LogP contribution is -3.00. The molecular weight excluding hydrogens is 224 g/mol. The number of nitrogens with zero attached hydrogens (tertiary/aromatic N) is 2. The highest BCUT2D eigenvalue weighted by atomic mass is 35.5. The van der Waals surface area contributed by atoms with Crippen LogP contribution in [0, 0.1) is 0 Å². The van der Waals surface area contributed by atoms with Gasteiger partial charge < -0.3 is 22.0 Å². The molecule has 0 aromatic carbocycles. The maximum Gasteiger partial charge on any atom is 0.252 e. The topological polar surface area (TPSA) is 16.4 Å². The largest absolute Gasteiger partial charge is 1.00 e. The SMILES string of the molecule is CCCCOC[n+]1ccc(N(C)C)cc1.[Cl-]. The predicted molar refractivity (Wildman–Crippen MR) is 61.8 cm³/mol. The molecule has 1 rings (SSSR count). The van der Waals surface area contributed by atoms with Gasteiger partial charge in [0.25, 0.3) is 6.73 Å². The molecule has 0 aliphatic carbocycles. The second-order valence-electron chi connectivity index (χ2n) is 3.86. The van der Waals surface area contributed by atoms with Crippen LogP contribution in [0.5, 0.6) is 0 Å². The third kappa shape index (κ3) is 5.33. The molecule has 0 saturated carbocycles. The van der Waals surface area contributed by atoms with Crippen molar-refractivity contribution in [3.63, 3.8) is 0 Å². The molecule has 0 saturated heterocycles. The van der Waals surface area contributed by atoms with E-state index in [1.54, 1.807) is 0 Å². The third-order valence-corrected chi connectivity index (χ3v) is 2.27. The van der Waals surface area contributed by atoms with Gasteiger partial charge >= 0.3 is 0 Å². The maximum absolute atomic E-state index is 5.51. The normalized spacial score (nSPS) is 9.69. The van der Waals surface area contributed by atoms with E-state index in [2.05, 4.69) is 24.0 Å². The highest BCUT2D eigenvalue weighted by Gasteiger charge is 2.01. The molecule has 1 aromatic rings. The zero-order valence-corrected chi connectivity index (χ0v) is 11.1. The fourth-order valence-electron chi connectivity index (χ4n) is 1.25. The van der Waals surface area contributed by atoms with Crippen LogP contribution in [-0.4, -0.2) is 20.7 Å². The van der Waals surface area contributed by atoms with Crippen LogP contribution in [0.15, 0.2) is 24.5 Å². The number of halogens is 1. The van der Waals surface area contributed by atoms with E-state index in [1.165, 1.54) is 12.1 Å². The minimum absolute atomic E-state index is 0. The van der Waals surface area contributed by atoms with Crippen molar-refractivity contribution in [2.75, 3.05) is 25.6 Å². The van der Waals surface area contributed by atoms with E-state index in [-0.39, 0.29) is 12.4 Å². The Morgan fingerprint density at radius 2 is 1.88 bits per heavy atom. The van der Waals surface area contributed by atoms with E-state index in [1.807, 2.05) is 31.1 Å². The van der Waals surface area contributed by atoms with E-state index < -0.39 is 0 Å². The van der Waals surface area contributed by atoms with Crippen molar-refractivity contribution < 1.29 is 21.7 Å². The van der Waals surface area contributed by atoms with Gasteiger partial charge in [0.1, 0.15) is 0 Å². The Kier molecular flexibility index (Phi) is 7.95. The molecule has 0 fully saturated rings. The van der Waals surface area contributed by atoms with Gasteiger partial charge in [-0.05, 0) is 6.42 Å². The Hall–Kier alpha value is -0.800. The number of hydrogen-bond donors (Lipinski definition) is 0. The van der Waals surface area contributed by atoms with Crippen molar-refractivity contribution >= 4 is 5.69 Å². The van der Waals surface area contributed by atoms with Gasteiger partial charge in [-0.1, -0.05) is 13.3 Å². The molecule has 0 spiro atoms. The van der Waals surface area contributed by atoms with Crippen molar-refractivity contribution in [3.8, 4) is 0 Å². The van der Waals surface area contributed by atoms with Crippen molar-refractivity contribution in [3.05, 3.63) is 24.5 Å². The van der Waals surface area contributed by atoms with Crippen LogP contribution in [0.4, 0.5) is 5.69 Å². The number of hydrogen-bond acceptors (Lipinski definition) is 2. The van der Waals surface area contributed by atoms with Gasteiger partial charge in [0.05, 0.1) is 6.61 Å². The molecule has 0 radical (unpaired) electrons. The Morgan fingerprint density at radius 1 is 1.25 bits per heavy atom. The summed E-state index contributed by atoms with van der Waals surface area (Å²) in [5.74, 6) is 0. The van der Waals surface area contributed by atoms with Gasteiger partial charge in [0, 0.05) is 31.9 Å². The summed E-state index contributed by atoms with van der Waals surface area (Å²) in [6, 6.07) is 4.17. The first-order chi connectivity index (χ1) is 7.24. The van der Waals surface area contributed by atoms with Crippen molar-refractivity contribution in [2.24, 2.45) is 0 Å². The molecule has 3 nitrogen and oxygen atoms in total. The van der Waals surface area contributed by atoms with Gasteiger partial charge in [-0.2, -0.15) is 4.57 Å². The highest BCUT2D eigenvalue weighted by molar-refractivity contribution is 5.41. The number of unbranched alkanes of at least 4 members (excludes halogenated alkanes) is 1. The molecule has 4 heteroatoms. The molecule has 1 aromatic heterocycles. The number of anilines is 1. The first-order valence-electron chi connectivity index (χ1n) is 5.48. The maximum atomic E-state index is 5.51. The highest BCUT2D eigenvalue weighted by Crippen LogP contribution is 2.05. The molecule has 0 bridgehead atoms. The third-order valence-electron chi connectivity index (χ3n) is 2.27. The first-order valence-corrected chi connectivity index (χ1v) is 5.48. The van der Waals surface area contributed by atoms with Crippen LogP contribution in [0.3, 0.4) is 0 Å². The molecular formula is C12H21ClN2O. The Bertz CT molecular complexity index is 275. The summed E-state index contributed by atoms with van der Waals surface area (Å²) in [6.07, 6.45) is 6.41. The summed E-state index contributed by atoms with van der Waals surface area (Å²) in [6.45, 7) is 3.66. The minimum atomic E-state index is 0. The second-order valence-corrected chi connectivity index (χ2v) is 3.86. The molecule has 92 valence electrons. The standard InChI is InChI=1S/C12H21N2O.ClH/c1-4-5-10-15-11-14-8-6-12(7-9-14)13(2)3;/h6-9H,4-5,10-11H2,1-3H3;1H/q+1;/p-1. The van der Waals surface area contributed by atoms with E-state index in [0.29, 0.717) is 6.73 Å². The lowest BCUT2D eigenvalue weighted by atomic mass is 10.4. The van der Waals surface area contributed by atoms with Gasteiger partial charge in [0.15, 0.2) is 12.4 Å². The van der Waals surface area contributed by atoms with Crippen LogP contribution in [0.25, 0.3) is 0 Å². The van der Waals surface area contributed by atoms with Crippen molar-refractivity contribution in [1.29, 1.82) is 0 Å². The molecule has 0 N–H and O–H groups in total. The smallest absolute Gasteiger partial charge is 0.252 e. The lowest BCUT2D eigenvalue weighted by molar-refractivity contribution is -0.732. The Morgan fingerprint density at radius 3 is 2.38 bits per heavy atom. The summed E-state index contributed by atoms with van der Waals surface area (Å²) in [4.78, 5) is 2.09. The monoisotopic (exact) mass is 244 g/mol. The van der Waals surface area contributed by atoms with E-state index in [9.17, 15) is 0 Å². The predicted octanol–water partition coefficient (Wildman–Crippen LogP) is -1.18. The van der Waals surface area contributed by atoms with E-state index in [4.69, 9.17) is 4.74 Å². The molecule has 0 unspecified atom stereocenters. The number of pyridine rings is 1. The van der Waals surface area contributed by atoms with E-state index >= 15 is 0 Å². The van der Waals surface area contributed by atoms with Crippen molar-refractivity contribution in [1.82, 2.24) is 0 Å². The van der Waals surface area contributed by atoms with Crippen LogP contribution in [0.1, 0.15) is 19.8 Å². The molecule has 16 heavy (non-hydrogen) atoms. The zero-order valence-electron chi connectivity index (χ0n) is 10.3. The van der Waals surface area contributed by atoms with Gasteiger partial charge in [0.2, 0.25) is 0 Å². The quantitative estimate of drug-likeness (QED) is 0.463.